The largest absolute Gasteiger partial charge is 0.466 e. The predicted octanol–water partition coefficient (Wildman–Crippen LogP) is 13.9. The molecule has 1 saturated heterocycles. The Morgan fingerprint density at radius 2 is 0.820 bits per heavy atom. The van der Waals surface area contributed by atoms with Crippen LogP contribution < -0.4 is 0 Å². The lowest BCUT2D eigenvalue weighted by molar-refractivity contribution is -0.146. The van der Waals surface area contributed by atoms with Crippen LogP contribution in [-0.2, 0) is 28.5 Å². The van der Waals surface area contributed by atoms with Crippen LogP contribution in [-0.4, -0.2) is 101 Å². The van der Waals surface area contributed by atoms with E-state index in [1.165, 1.54) is 154 Å². The van der Waals surface area contributed by atoms with Crippen molar-refractivity contribution >= 4 is 11.9 Å². The van der Waals surface area contributed by atoms with Crippen molar-refractivity contribution in [2.75, 3.05) is 72.8 Å². The molecule has 1 heterocycles. The molecule has 8 heteroatoms. The van der Waals surface area contributed by atoms with Crippen molar-refractivity contribution in [3.8, 4) is 0 Å². The van der Waals surface area contributed by atoms with E-state index in [9.17, 15) is 9.59 Å². The van der Waals surface area contributed by atoms with Crippen LogP contribution in [0.5, 0.6) is 0 Å². The number of nitrogens with zero attached hydrogens (tertiary/aromatic N) is 2. The summed E-state index contributed by atoms with van der Waals surface area (Å²) in [5, 5.41) is 0. The molecule has 0 aromatic carbocycles. The van der Waals surface area contributed by atoms with Gasteiger partial charge in [-0.15, -0.1) is 0 Å². The smallest absolute Gasteiger partial charge is 0.306 e. The van der Waals surface area contributed by atoms with E-state index >= 15 is 0 Å². The van der Waals surface area contributed by atoms with Gasteiger partial charge in [0, 0.05) is 58.8 Å². The Morgan fingerprint density at radius 1 is 0.443 bits per heavy atom. The molecule has 1 fully saturated rings. The van der Waals surface area contributed by atoms with Crippen LogP contribution in [0.3, 0.4) is 0 Å². The average molecular weight is 865 g/mol. The SMILES string of the molecule is CCCCCC(CCCCC)CC(=O)OCCCCCCCCCOCC(CCN1CCN(C)CC1)OCCCCCCCCCOC(=O)CC(CCCCC)CCCCC. The lowest BCUT2D eigenvalue weighted by Crippen LogP contribution is -2.45. The van der Waals surface area contributed by atoms with Crippen molar-refractivity contribution < 1.29 is 28.5 Å². The summed E-state index contributed by atoms with van der Waals surface area (Å²) in [6.45, 7) is 18.2. The molecule has 1 aliphatic rings. The lowest BCUT2D eigenvalue weighted by atomic mass is 9.92. The molecule has 0 aromatic rings. The van der Waals surface area contributed by atoms with Crippen molar-refractivity contribution in [3.05, 3.63) is 0 Å². The Bertz CT molecular complexity index is 924. The molecular formula is C53H104N2O6. The molecule has 0 amide bonds. The first-order valence-electron chi connectivity index (χ1n) is 26.8. The van der Waals surface area contributed by atoms with Gasteiger partial charge in [-0.2, -0.15) is 0 Å². The van der Waals surface area contributed by atoms with Crippen LogP contribution in [0.4, 0.5) is 0 Å². The number of rotatable bonds is 46. The zero-order chi connectivity index (χ0) is 44.3. The van der Waals surface area contributed by atoms with Crippen molar-refractivity contribution in [2.24, 2.45) is 11.8 Å². The fourth-order valence-corrected chi connectivity index (χ4v) is 8.75. The van der Waals surface area contributed by atoms with E-state index in [1.807, 2.05) is 0 Å². The molecule has 1 rings (SSSR count). The molecular weight excluding hydrogens is 761 g/mol. The molecule has 0 N–H and O–H groups in total. The molecule has 1 unspecified atom stereocenters. The first-order chi connectivity index (χ1) is 29.9. The summed E-state index contributed by atoms with van der Waals surface area (Å²) in [7, 11) is 2.22. The number of hydrogen-bond donors (Lipinski definition) is 0. The molecule has 0 spiro atoms. The summed E-state index contributed by atoms with van der Waals surface area (Å²) in [5.74, 6) is 1.06. The van der Waals surface area contributed by atoms with Crippen LogP contribution in [0.1, 0.15) is 240 Å². The molecule has 362 valence electrons. The van der Waals surface area contributed by atoms with Crippen molar-refractivity contribution in [1.29, 1.82) is 0 Å². The van der Waals surface area contributed by atoms with Crippen LogP contribution in [0.2, 0.25) is 0 Å². The molecule has 1 atom stereocenters. The highest BCUT2D eigenvalue weighted by Crippen LogP contribution is 2.23. The summed E-state index contributed by atoms with van der Waals surface area (Å²) in [6, 6.07) is 0. The Balaban J connectivity index is 2.16. The van der Waals surface area contributed by atoms with Gasteiger partial charge in [0.15, 0.2) is 0 Å². The van der Waals surface area contributed by atoms with Crippen molar-refractivity contribution in [2.45, 2.75) is 246 Å². The average Bonchev–Trinajstić information content (AvgIpc) is 3.25. The third-order valence-corrected chi connectivity index (χ3v) is 13.0. The Morgan fingerprint density at radius 3 is 1.23 bits per heavy atom. The van der Waals surface area contributed by atoms with E-state index in [4.69, 9.17) is 18.9 Å². The van der Waals surface area contributed by atoms with E-state index in [1.54, 1.807) is 0 Å². The number of hydrogen-bond acceptors (Lipinski definition) is 8. The van der Waals surface area contributed by atoms with Gasteiger partial charge in [0.05, 0.1) is 25.9 Å². The first-order valence-corrected chi connectivity index (χ1v) is 26.8. The van der Waals surface area contributed by atoms with Crippen LogP contribution in [0.25, 0.3) is 0 Å². The Kier molecular flexibility index (Phi) is 41.7. The van der Waals surface area contributed by atoms with Gasteiger partial charge >= 0.3 is 11.9 Å². The van der Waals surface area contributed by atoms with Crippen LogP contribution in [0.15, 0.2) is 0 Å². The highest BCUT2D eigenvalue weighted by atomic mass is 16.5. The quantitative estimate of drug-likeness (QED) is 0.0442. The predicted molar refractivity (Wildman–Crippen MR) is 258 cm³/mol. The third-order valence-electron chi connectivity index (χ3n) is 13.0. The molecule has 8 nitrogen and oxygen atoms in total. The number of likely N-dealkylation sites (N-methyl/N-ethyl adjacent to an activating group) is 1. The monoisotopic (exact) mass is 865 g/mol. The summed E-state index contributed by atoms with van der Waals surface area (Å²) in [5.41, 5.74) is 0. The molecule has 0 aromatic heterocycles. The molecule has 61 heavy (non-hydrogen) atoms. The topological polar surface area (TPSA) is 77.5 Å². The molecule has 0 saturated carbocycles. The second kappa shape index (κ2) is 44.0. The van der Waals surface area contributed by atoms with Crippen LogP contribution >= 0.6 is 0 Å². The highest BCUT2D eigenvalue weighted by Gasteiger charge is 2.18. The standard InChI is InChI=1S/C53H104N2O6/c1-6-10-24-32-49(33-25-11-7-2)46-52(56)60-44-30-22-18-14-16-20-28-42-58-48-51(36-37-55-40-38-54(5)39-41-55)59-43-29-21-17-15-19-23-31-45-61-53(57)47-50(34-26-12-8-3)35-27-13-9-4/h49-51H,6-48H2,1-5H3. The Hall–Kier alpha value is -1.22. The van der Waals surface area contributed by atoms with Gasteiger partial charge in [-0.25, -0.2) is 0 Å². The Labute approximate surface area is 379 Å². The van der Waals surface area contributed by atoms with E-state index in [0.717, 1.165) is 90.9 Å². The number of esters is 2. The van der Waals surface area contributed by atoms with Gasteiger partial charge < -0.3 is 28.7 Å². The minimum Gasteiger partial charge on any atom is -0.466 e. The maximum absolute atomic E-state index is 12.5. The number of piperazine rings is 1. The van der Waals surface area contributed by atoms with Gasteiger partial charge in [0.2, 0.25) is 0 Å². The number of carbonyl (C=O) groups excluding carboxylic acids is 2. The minimum absolute atomic E-state index is 0.0224. The van der Waals surface area contributed by atoms with E-state index < -0.39 is 0 Å². The van der Waals surface area contributed by atoms with Crippen molar-refractivity contribution in [1.82, 2.24) is 9.80 Å². The van der Waals surface area contributed by atoms with E-state index in [0.29, 0.717) is 44.5 Å². The second-order valence-electron chi connectivity index (χ2n) is 19.0. The first kappa shape index (κ1) is 57.8. The van der Waals surface area contributed by atoms with Crippen molar-refractivity contribution in [3.63, 3.8) is 0 Å². The summed E-state index contributed by atoms with van der Waals surface area (Å²) < 4.78 is 23.9. The molecule has 0 bridgehead atoms. The normalized spacial score (nSPS) is 14.3. The summed E-state index contributed by atoms with van der Waals surface area (Å²) in [4.78, 5) is 30.0. The molecule has 0 aliphatic carbocycles. The summed E-state index contributed by atoms with van der Waals surface area (Å²) >= 11 is 0. The fourth-order valence-electron chi connectivity index (χ4n) is 8.75. The van der Waals surface area contributed by atoms with Gasteiger partial charge in [-0.1, -0.05) is 169 Å². The fraction of sp³-hybridized carbons (Fsp3) is 0.962. The van der Waals surface area contributed by atoms with Gasteiger partial charge in [0.25, 0.3) is 0 Å². The number of ether oxygens (including phenoxy) is 4. The van der Waals surface area contributed by atoms with Crippen LogP contribution in [0, 0.1) is 11.8 Å². The second-order valence-corrected chi connectivity index (χ2v) is 19.0. The maximum atomic E-state index is 12.5. The number of carbonyl (C=O) groups is 2. The van der Waals surface area contributed by atoms with E-state index in [2.05, 4.69) is 44.5 Å². The molecule has 0 radical (unpaired) electrons. The summed E-state index contributed by atoms with van der Waals surface area (Å²) in [6.07, 6.45) is 38.4. The van der Waals surface area contributed by atoms with E-state index in [-0.39, 0.29) is 18.0 Å². The minimum atomic E-state index is 0.0224. The number of unbranched alkanes of at least 4 members (excludes halogenated alkanes) is 20. The van der Waals surface area contributed by atoms with Gasteiger partial charge in [0.1, 0.15) is 0 Å². The highest BCUT2D eigenvalue weighted by molar-refractivity contribution is 5.70. The maximum Gasteiger partial charge on any atom is 0.306 e. The van der Waals surface area contributed by atoms with Gasteiger partial charge in [-0.05, 0) is 76.7 Å². The molecule has 1 aliphatic heterocycles. The zero-order valence-electron chi connectivity index (χ0n) is 41.5. The van der Waals surface area contributed by atoms with Gasteiger partial charge in [-0.3, -0.25) is 9.59 Å². The lowest BCUT2D eigenvalue weighted by Gasteiger charge is -2.33. The zero-order valence-corrected chi connectivity index (χ0v) is 41.5. The third kappa shape index (κ3) is 37.8.